The number of nitrogens with zero attached hydrogens (tertiary/aromatic N) is 2. The average Bonchev–Trinajstić information content (AvgIpc) is 3.08. The van der Waals surface area contributed by atoms with Crippen LogP contribution in [0.15, 0.2) is 54.7 Å². The average molecular weight is 423 g/mol. The van der Waals surface area contributed by atoms with E-state index in [4.69, 9.17) is 0 Å². The Morgan fingerprint density at radius 1 is 1.14 bits per heavy atom. The number of nitrogens with one attached hydrogen (secondary N) is 1. The van der Waals surface area contributed by atoms with Crippen molar-refractivity contribution in [1.82, 2.24) is 9.88 Å². The van der Waals surface area contributed by atoms with E-state index >= 15 is 0 Å². The van der Waals surface area contributed by atoms with Gasteiger partial charge < -0.3 is 4.90 Å². The Hall–Kier alpha value is -2.94. The molecule has 0 aliphatic rings. The van der Waals surface area contributed by atoms with Gasteiger partial charge in [0.15, 0.2) is 5.13 Å². The smallest absolute Gasteiger partial charge is 0.323 e. The number of hydrogen-bond donors (Lipinski definition) is 1. The first-order valence-corrected chi connectivity index (χ1v) is 9.40. The van der Waals surface area contributed by atoms with Crippen LogP contribution in [0.1, 0.15) is 21.6 Å². The molecule has 1 aromatic heterocycles. The maximum Gasteiger partial charge on any atom is 0.416 e. The normalized spacial score (nSPS) is 11.3. The van der Waals surface area contributed by atoms with Gasteiger partial charge in [0.2, 0.25) is 0 Å². The molecule has 0 saturated carbocycles. The van der Waals surface area contributed by atoms with E-state index < -0.39 is 17.8 Å². The van der Waals surface area contributed by atoms with Gasteiger partial charge in [-0.2, -0.15) is 13.2 Å². The quantitative estimate of drug-likeness (QED) is 0.547. The van der Waals surface area contributed by atoms with Crippen LogP contribution in [0.5, 0.6) is 0 Å². The largest absolute Gasteiger partial charge is 0.416 e. The van der Waals surface area contributed by atoms with Gasteiger partial charge in [-0.15, -0.1) is 11.3 Å². The number of benzene rings is 2. The van der Waals surface area contributed by atoms with Crippen molar-refractivity contribution in [2.24, 2.45) is 0 Å². The second-order valence-electron chi connectivity index (χ2n) is 6.42. The van der Waals surface area contributed by atoms with E-state index in [-0.39, 0.29) is 12.4 Å². The summed E-state index contributed by atoms with van der Waals surface area (Å²) >= 11 is 1.27. The Balaban J connectivity index is 1.56. The zero-order chi connectivity index (χ0) is 21.0. The number of aromatic nitrogens is 1. The number of anilines is 1. The standard InChI is InChI=1S/C20H17F4N3OS/c1-27(12-13-5-7-15(8-6-13)20(22,23)24)19(28)26-18-25-11-17(29-18)10-14-3-2-4-16(21)9-14/h2-9,11H,10,12H2,1H3,(H,25,26,28). The maximum absolute atomic E-state index is 13.3. The number of rotatable bonds is 5. The molecule has 1 heterocycles. The molecular weight excluding hydrogens is 406 g/mol. The predicted molar refractivity (Wildman–Crippen MR) is 103 cm³/mol. The molecule has 4 nitrogen and oxygen atoms in total. The molecule has 1 N–H and O–H groups in total. The highest BCUT2D eigenvalue weighted by molar-refractivity contribution is 7.15. The summed E-state index contributed by atoms with van der Waals surface area (Å²) < 4.78 is 51.1. The molecule has 2 amide bonds. The van der Waals surface area contributed by atoms with Crippen LogP contribution in [-0.4, -0.2) is 23.0 Å². The minimum Gasteiger partial charge on any atom is -0.323 e. The van der Waals surface area contributed by atoms with Crippen molar-refractivity contribution >= 4 is 22.5 Å². The van der Waals surface area contributed by atoms with Crippen molar-refractivity contribution < 1.29 is 22.4 Å². The highest BCUT2D eigenvalue weighted by Crippen LogP contribution is 2.29. The maximum atomic E-state index is 13.3. The third kappa shape index (κ3) is 5.77. The fourth-order valence-electron chi connectivity index (χ4n) is 2.63. The van der Waals surface area contributed by atoms with Gasteiger partial charge in [-0.1, -0.05) is 24.3 Å². The fourth-order valence-corrected chi connectivity index (χ4v) is 3.46. The highest BCUT2D eigenvalue weighted by Gasteiger charge is 2.30. The summed E-state index contributed by atoms with van der Waals surface area (Å²) in [5.41, 5.74) is 0.634. The number of carbonyl (C=O) groups is 1. The zero-order valence-electron chi connectivity index (χ0n) is 15.3. The van der Waals surface area contributed by atoms with E-state index in [0.29, 0.717) is 17.1 Å². The van der Waals surface area contributed by atoms with Crippen LogP contribution < -0.4 is 5.32 Å². The molecule has 29 heavy (non-hydrogen) atoms. The molecule has 3 aromatic rings. The van der Waals surface area contributed by atoms with Gasteiger partial charge in [0.1, 0.15) is 5.82 Å². The number of amides is 2. The molecule has 0 aliphatic carbocycles. The molecule has 0 atom stereocenters. The summed E-state index contributed by atoms with van der Waals surface area (Å²) in [6, 6.07) is 10.5. The van der Waals surface area contributed by atoms with Gasteiger partial charge in [0.05, 0.1) is 5.56 Å². The van der Waals surface area contributed by atoms with Gasteiger partial charge in [-0.25, -0.2) is 14.2 Å². The predicted octanol–water partition coefficient (Wildman–Crippen LogP) is 5.56. The first-order valence-electron chi connectivity index (χ1n) is 8.58. The molecule has 0 aliphatic heterocycles. The Morgan fingerprint density at radius 3 is 2.52 bits per heavy atom. The summed E-state index contributed by atoms with van der Waals surface area (Å²) in [4.78, 5) is 18.7. The molecule has 0 fully saturated rings. The topological polar surface area (TPSA) is 45.2 Å². The molecule has 3 rings (SSSR count). The number of carbonyl (C=O) groups excluding carboxylic acids is 1. The second-order valence-corrected chi connectivity index (χ2v) is 7.53. The number of hydrogen-bond acceptors (Lipinski definition) is 3. The Labute approximate surface area is 168 Å². The van der Waals surface area contributed by atoms with Crippen LogP contribution in [0, 0.1) is 5.82 Å². The molecule has 0 saturated heterocycles. The van der Waals surface area contributed by atoms with E-state index in [1.807, 2.05) is 0 Å². The molecule has 2 aromatic carbocycles. The van der Waals surface area contributed by atoms with Gasteiger partial charge in [-0.05, 0) is 35.4 Å². The summed E-state index contributed by atoms with van der Waals surface area (Å²) in [6.07, 6.45) is -2.29. The number of urea groups is 1. The molecule has 0 radical (unpaired) electrons. The second kappa shape index (κ2) is 8.60. The first kappa shape index (κ1) is 20.8. The van der Waals surface area contributed by atoms with Crippen molar-refractivity contribution in [3.63, 3.8) is 0 Å². The minimum absolute atomic E-state index is 0.144. The summed E-state index contributed by atoms with van der Waals surface area (Å²) in [6.45, 7) is 0.144. The minimum atomic E-state index is -4.39. The van der Waals surface area contributed by atoms with E-state index in [2.05, 4.69) is 10.3 Å². The highest BCUT2D eigenvalue weighted by atomic mass is 32.1. The third-order valence-electron chi connectivity index (χ3n) is 4.08. The van der Waals surface area contributed by atoms with Gasteiger partial charge in [0, 0.05) is 31.1 Å². The van der Waals surface area contributed by atoms with E-state index in [1.54, 1.807) is 18.3 Å². The lowest BCUT2D eigenvalue weighted by Crippen LogP contribution is -2.30. The number of halogens is 4. The molecule has 9 heteroatoms. The van der Waals surface area contributed by atoms with Crippen molar-refractivity contribution in [3.05, 3.63) is 82.1 Å². The van der Waals surface area contributed by atoms with E-state index in [1.165, 1.54) is 47.5 Å². The van der Waals surface area contributed by atoms with Crippen LogP contribution in [0.3, 0.4) is 0 Å². The van der Waals surface area contributed by atoms with Crippen LogP contribution in [0.25, 0.3) is 0 Å². The Morgan fingerprint density at radius 2 is 1.86 bits per heavy atom. The van der Waals surface area contributed by atoms with Crippen LogP contribution >= 0.6 is 11.3 Å². The van der Waals surface area contributed by atoms with Crippen molar-refractivity contribution in [2.45, 2.75) is 19.1 Å². The van der Waals surface area contributed by atoms with Crippen molar-refractivity contribution in [1.29, 1.82) is 0 Å². The number of thiazole rings is 1. The lowest BCUT2D eigenvalue weighted by atomic mass is 10.1. The lowest BCUT2D eigenvalue weighted by Gasteiger charge is -2.17. The van der Waals surface area contributed by atoms with Crippen molar-refractivity contribution in [3.8, 4) is 0 Å². The molecule has 0 bridgehead atoms. The fraction of sp³-hybridized carbons (Fsp3) is 0.200. The van der Waals surface area contributed by atoms with Gasteiger partial charge >= 0.3 is 12.2 Å². The van der Waals surface area contributed by atoms with Crippen LogP contribution in [0.2, 0.25) is 0 Å². The number of alkyl halides is 3. The molecule has 152 valence electrons. The monoisotopic (exact) mass is 423 g/mol. The van der Waals surface area contributed by atoms with E-state index in [0.717, 1.165) is 22.6 Å². The first-order chi connectivity index (χ1) is 13.7. The third-order valence-corrected chi connectivity index (χ3v) is 5.00. The summed E-state index contributed by atoms with van der Waals surface area (Å²) in [7, 11) is 1.54. The van der Waals surface area contributed by atoms with Gasteiger partial charge in [-0.3, -0.25) is 5.32 Å². The Kier molecular flexibility index (Phi) is 6.17. The summed E-state index contributed by atoms with van der Waals surface area (Å²) in [5.74, 6) is -0.314. The molecular formula is C20H17F4N3OS. The van der Waals surface area contributed by atoms with Crippen LogP contribution in [-0.2, 0) is 19.1 Å². The molecule has 0 spiro atoms. The zero-order valence-corrected chi connectivity index (χ0v) is 16.1. The SMILES string of the molecule is CN(Cc1ccc(C(F)(F)F)cc1)C(=O)Nc1ncc(Cc2cccc(F)c2)s1. The lowest BCUT2D eigenvalue weighted by molar-refractivity contribution is -0.137. The van der Waals surface area contributed by atoms with Crippen LogP contribution in [0.4, 0.5) is 27.5 Å². The van der Waals surface area contributed by atoms with Gasteiger partial charge in [0.25, 0.3) is 0 Å². The molecule has 0 unspecified atom stereocenters. The van der Waals surface area contributed by atoms with Crippen molar-refractivity contribution in [2.75, 3.05) is 12.4 Å². The van der Waals surface area contributed by atoms with E-state index in [9.17, 15) is 22.4 Å². The summed E-state index contributed by atoms with van der Waals surface area (Å²) in [5, 5.41) is 3.04. The Bertz CT molecular complexity index is 986.